The minimum atomic E-state index is -0.182. The first-order valence-corrected chi connectivity index (χ1v) is 12.1. The number of thiophene rings is 1. The van der Waals surface area contributed by atoms with Crippen molar-refractivity contribution in [3.63, 3.8) is 0 Å². The van der Waals surface area contributed by atoms with Crippen molar-refractivity contribution in [1.82, 2.24) is 0 Å². The van der Waals surface area contributed by atoms with Crippen LogP contribution in [0.1, 0.15) is 23.1 Å². The zero-order valence-electron chi connectivity index (χ0n) is 17.7. The van der Waals surface area contributed by atoms with Crippen LogP contribution in [-0.2, 0) is 5.41 Å². The molecule has 2 atom stereocenters. The lowest BCUT2D eigenvalue weighted by Gasteiger charge is -2.39. The van der Waals surface area contributed by atoms with Crippen LogP contribution in [0.5, 0.6) is 0 Å². The summed E-state index contributed by atoms with van der Waals surface area (Å²) in [6, 6.07) is 33.9. The Hall–Kier alpha value is -3.42. The standard InChI is InChI=1S/C31H22S/c1-3-11-21(12-4-1)31(22-13-5-2-6-14-22)26-17-9-7-16-25(26)29-27(31)20-19-24-23-15-8-10-18-28(23)32-30(24)29/h1-13,15-20,22H,14H2. The fraction of sp³-hybridized carbons (Fsp3) is 0.0968. The fourth-order valence-electron chi connectivity index (χ4n) is 6.10. The van der Waals surface area contributed by atoms with Crippen molar-refractivity contribution in [3.05, 3.63) is 132 Å². The lowest BCUT2D eigenvalue weighted by Crippen LogP contribution is -2.35. The van der Waals surface area contributed by atoms with E-state index in [9.17, 15) is 0 Å². The average Bonchev–Trinajstić information content (AvgIpc) is 3.39. The number of allylic oxidation sites excluding steroid dienone is 4. The van der Waals surface area contributed by atoms with Crippen molar-refractivity contribution in [2.24, 2.45) is 5.92 Å². The third-order valence-corrected chi connectivity index (χ3v) is 8.56. The zero-order valence-corrected chi connectivity index (χ0v) is 18.5. The second-order valence-corrected chi connectivity index (χ2v) is 9.89. The molecule has 0 fully saturated rings. The van der Waals surface area contributed by atoms with E-state index in [-0.39, 0.29) is 5.41 Å². The first-order chi connectivity index (χ1) is 15.9. The van der Waals surface area contributed by atoms with Crippen LogP contribution in [0.15, 0.2) is 115 Å². The van der Waals surface area contributed by atoms with Gasteiger partial charge in [0.1, 0.15) is 0 Å². The number of fused-ring (bicyclic) bond motifs is 7. The number of hydrogen-bond acceptors (Lipinski definition) is 1. The number of hydrogen-bond donors (Lipinski definition) is 0. The highest BCUT2D eigenvalue weighted by atomic mass is 32.1. The molecule has 152 valence electrons. The van der Waals surface area contributed by atoms with Gasteiger partial charge in [0.05, 0.1) is 5.41 Å². The second-order valence-electron chi connectivity index (χ2n) is 8.84. The molecule has 2 aliphatic rings. The molecule has 4 aromatic carbocycles. The molecular weight excluding hydrogens is 404 g/mol. The molecule has 5 aromatic rings. The Morgan fingerprint density at radius 2 is 1.50 bits per heavy atom. The molecule has 0 bridgehead atoms. The number of rotatable bonds is 2. The maximum absolute atomic E-state index is 2.43. The lowest BCUT2D eigenvalue weighted by molar-refractivity contribution is 0.457. The molecular formula is C31H22S. The largest absolute Gasteiger partial charge is 0.135 e. The molecule has 1 heterocycles. The van der Waals surface area contributed by atoms with Crippen molar-refractivity contribution in [2.45, 2.75) is 11.8 Å². The Morgan fingerprint density at radius 3 is 2.38 bits per heavy atom. The zero-order chi connectivity index (χ0) is 21.1. The topological polar surface area (TPSA) is 0 Å². The van der Waals surface area contributed by atoms with E-state index in [1.54, 1.807) is 0 Å². The van der Waals surface area contributed by atoms with E-state index in [2.05, 4.69) is 115 Å². The van der Waals surface area contributed by atoms with Crippen LogP contribution in [0, 0.1) is 5.92 Å². The number of benzene rings is 4. The quantitative estimate of drug-likeness (QED) is 0.265. The van der Waals surface area contributed by atoms with Crippen LogP contribution in [0.2, 0.25) is 0 Å². The highest BCUT2D eigenvalue weighted by molar-refractivity contribution is 7.26. The predicted molar refractivity (Wildman–Crippen MR) is 137 cm³/mol. The molecule has 2 aliphatic carbocycles. The molecule has 0 N–H and O–H groups in total. The van der Waals surface area contributed by atoms with Gasteiger partial charge in [0.2, 0.25) is 0 Å². The Kier molecular flexibility index (Phi) is 3.86. The Balaban J connectivity index is 1.66. The second kappa shape index (κ2) is 6.79. The third-order valence-electron chi connectivity index (χ3n) is 7.36. The summed E-state index contributed by atoms with van der Waals surface area (Å²) >= 11 is 1.94. The highest BCUT2D eigenvalue weighted by Gasteiger charge is 2.49. The molecule has 0 amide bonds. The van der Waals surface area contributed by atoms with E-state index in [1.165, 1.54) is 48.0 Å². The summed E-state index contributed by atoms with van der Waals surface area (Å²) in [7, 11) is 0. The molecule has 0 spiro atoms. The lowest BCUT2D eigenvalue weighted by atomic mass is 9.62. The van der Waals surface area contributed by atoms with E-state index < -0.39 is 0 Å². The molecule has 0 aliphatic heterocycles. The maximum Gasteiger partial charge on any atom is 0.0529 e. The Bertz CT molecular complexity index is 1550. The summed E-state index contributed by atoms with van der Waals surface area (Å²) in [6.07, 6.45) is 10.2. The van der Waals surface area contributed by atoms with Gasteiger partial charge in [-0.15, -0.1) is 11.3 Å². The maximum atomic E-state index is 2.43. The van der Waals surface area contributed by atoms with Gasteiger partial charge in [-0.25, -0.2) is 0 Å². The van der Waals surface area contributed by atoms with Crippen LogP contribution in [-0.4, -0.2) is 0 Å². The molecule has 1 heteroatoms. The molecule has 0 saturated carbocycles. The normalized spacial score (nSPS) is 21.2. The van der Waals surface area contributed by atoms with E-state index in [1.807, 2.05) is 11.3 Å². The fourth-order valence-corrected chi connectivity index (χ4v) is 7.37. The van der Waals surface area contributed by atoms with Gasteiger partial charge >= 0.3 is 0 Å². The third kappa shape index (κ3) is 2.27. The van der Waals surface area contributed by atoms with Crippen LogP contribution in [0.25, 0.3) is 31.3 Å². The molecule has 0 saturated heterocycles. The van der Waals surface area contributed by atoms with Crippen LogP contribution < -0.4 is 0 Å². The van der Waals surface area contributed by atoms with Crippen molar-refractivity contribution >= 4 is 31.5 Å². The van der Waals surface area contributed by atoms with Gasteiger partial charge in [0.15, 0.2) is 0 Å². The van der Waals surface area contributed by atoms with Crippen LogP contribution in [0.4, 0.5) is 0 Å². The van der Waals surface area contributed by atoms with Gasteiger partial charge in [-0.05, 0) is 40.7 Å². The first-order valence-electron chi connectivity index (χ1n) is 11.3. The van der Waals surface area contributed by atoms with E-state index in [4.69, 9.17) is 0 Å². The first kappa shape index (κ1) is 18.2. The van der Waals surface area contributed by atoms with Crippen LogP contribution in [0.3, 0.4) is 0 Å². The average molecular weight is 427 g/mol. The highest BCUT2D eigenvalue weighted by Crippen LogP contribution is 2.60. The summed E-state index contributed by atoms with van der Waals surface area (Å²) < 4.78 is 2.79. The Morgan fingerprint density at radius 1 is 0.688 bits per heavy atom. The van der Waals surface area contributed by atoms with Gasteiger partial charge < -0.3 is 0 Å². The molecule has 1 aromatic heterocycles. The monoisotopic (exact) mass is 426 g/mol. The minimum Gasteiger partial charge on any atom is -0.135 e. The summed E-state index contributed by atoms with van der Waals surface area (Å²) in [6.45, 7) is 0. The van der Waals surface area contributed by atoms with Gasteiger partial charge in [-0.3, -0.25) is 0 Å². The Labute approximate surface area is 192 Å². The SMILES string of the molecule is C1=CCC(C2(c3ccccc3)c3ccccc3-c3c2ccc2c3sc3ccccc32)C=C1. The van der Waals surface area contributed by atoms with Gasteiger partial charge in [0.25, 0.3) is 0 Å². The van der Waals surface area contributed by atoms with Crippen LogP contribution >= 0.6 is 11.3 Å². The van der Waals surface area contributed by atoms with Crippen molar-refractivity contribution in [2.75, 3.05) is 0 Å². The molecule has 7 rings (SSSR count). The smallest absolute Gasteiger partial charge is 0.0529 e. The van der Waals surface area contributed by atoms with E-state index >= 15 is 0 Å². The molecule has 0 radical (unpaired) electrons. The summed E-state index contributed by atoms with van der Waals surface area (Å²) in [5.74, 6) is 0.379. The van der Waals surface area contributed by atoms with Gasteiger partial charge in [-0.2, -0.15) is 0 Å². The van der Waals surface area contributed by atoms with Gasteiger partial charge in [-0.1, -0.05) is 109 Å². The predicted octanol–water partition coefficient (Wildman–Crippen LogP) is 8.50. The summed E-state index contributed by atoms with van der Waals surface area (Å²) in [5, 5.41) is 2.74. The van der Waals surface area contributed by atoms with E-state index in [0.717, 1.165) is 6.42 Å². The molecule has 0 nitrogen and oxygen atoms in total. The molecule has 32 heavy (non-hydrogen) atoms. The molecule has 2 unspecified atom stereocenters. The van der Waals surface area contributed by atoms with Crippen molar-refractivity contribution < 1.29 is 0 Å². The van der Waals surface area contributed by atoms with E-state index in [0.29, 0.717) is 5.92 Å². The van der Waals surface area contributed by atoms with Crippen molar-refractivity contribution in [3.8, 4) is 11.1 Å². The summed E-state index contributed by atoms with van der Waals surface area (Å²) in [4.78, 5) is 0. The van der Waals surface area contributed by atoms with Crippen molar-refractivity contribution in [1.29, 1.82) is 0 Å². The minimum absolute atomic E-state index is 0.182. The summed E-state index contributed by atoms with van der Waals surface area (Å²) in [5.41, 5.74) is 6.93. The van der Waals surface area contributed by atoms with Gasteiger partial charge in [0, 0.05) is 25.7 Å².